The summed E-state index contributed by atoms with van der Waals surface area (Å²) in [6.07, 6.45) is 1.96. The van der Waals surface area contributed by atoms with Gasteiger partial charge in [0.25, 0.3) is 0 Å². The first-order valence-electron chi connectivity index (χ1n) is 7.81. The molecule has 0 saturated carbocycles. The zero-order valence-corrected chi connectivity index (χ0v) is 13.6. The molecule has 1 amide bonds. The van der Waals surface area contributed by atoms with Crippen molar-refractivity contribution >= 4 is 5.91 Å². The monoisotopic (exact) mass is 323 g/mol. The van der Waals surface area contributed by atoms with Gasteiger partial charge in [0.2, 0.25) is 5.91 Å². The van der Waals surface area contributed by atoms with Crippen molar-refractivity contribution in [1.29, 1.82) is 0 Å². The van der Waals surface area contributed by atoms with E-state index >= 15 is 0 Å². The highest BCUT2D eigenvalue weighted by Crippen LogP contribution is 2.32. The number of rotatable bonds is 6. The average molecular weight is 323 g/mol. The predicted molar refractivity (Wildman–Crippen MR) is 85.7 cm³/mol. The van der Waals surface area contributed by atoms with Crippen LogP contribution in [0.5, 0.6) is 11.5 Å². The molecule has 4 N–H and O–H groups in total. The van der Waals surface area contributed by atoms with Gasteiger partial charge in [0.1, 0.15) is 0 Å². The maximum Gasteiger partial charge on any atom is 0.236 e. The van der Waals surface area contributed by atoms with Gasteiger partial charge in [0.15, 0.2) is 11.5 Å². The van der Waals surface area contributed by atoms with E-state index in [-0.39, 0.29) is 24.2 Å². The Hall–Kier alpha value is -1.83. The highest BCUT2D eigenvalue weighted by Gasteiger charge is 2.19. The van der Waals surface area contributed by atoms with Crippen molar-refractivity contribution < 1.29 is 19.8 Å². The number of nitrogens with one attached hydrogen (secondary N) is 2. The molecule has 1 atom stereocenters. The van der Waals surface area contributed by atoms with Crippen LogP contribution in [0.2, 0.25) is 0 Å². The molecule has 7 heteroatoms. The number of aromatic hydroxyl groups is 1. The fraction of sp³-hybridized carbons (Fsp3) is 0.562. The molecule has 0 aliphatic carbocycles. The first-order valence-corrected chi connectivity index (χ1v) is 7.81. The SMILES string of the molecule is COc1cc2c(cc1O)CN(C[C@H](C)NC(=O)CNO)CCC2. The molecule has 2 rings (SSSR count). The predicted octanol–water partition coefficient (Wildman–Crippen LogP) is 0.633. The van der Waals surface area contributed by atoms with E-state index in [1.807, 2.05) is 18.5 Å². The molecule has 7 nitrogen and oxygen atoms in total. The van der Waals surface area contributed by atoms with Crippen LogP contribution in [-0.2, 0) is 17.8 Å². The molecule has 128 valence electrons. The van der Waals surface area contributed by atoms with Crippen LogP contribution >= 0.6 is 0 Å². The number of phenols is 1. The Balaban J connectivity index is 2.00. The highest BCUT2D eigenvalue weighted by atomic mass is 16.5. The second-order valence-corrected chi connectivity index (χ2v) is 5.93. The lowest BCUT2D eigenvalue weighted by Crippen LogP contribution is -2.44. The number of hydroxylamine groups is 1. The van der Waals surface area contributed by atoms with Gasteiger partial charge in [0, 0.05) is 19.1 Å². The van der Waals surface area contributed by atoms with Crippen molar-refractivity contribution in [2.75, 3.05) is 26.7 Å². The third-order valence-electron chi connectivity index (χ3n) is 3.99. The Bertz CT molecular complexity index is 550. The van der Waals surface area contributed by atoms with Gasteiger partial charge >= 0.3 is 0 Å². The number of hydrogen-bond donors (Lipinski definition) is 4. The van der Waals surface area contributed by atoms with E-state index in [2.05, 4.69) is 10.2 Å². The molecule has 23 heavy (non-hydrogen) atoms. The van der Waals surface area contributed by atoms with E-state index < -0.39 is 0 Å². The van der Waals surface area contributed by atoms with Crippen LogP contribution < -0.4 is 15.5 Å². The van der Waals surface area contributed by atoms with Gasteiger partial charge in [-0.1, -0.05) is 0 Å². The fourth-order valence-electron chi connectivity index (χ4n) is 3.00. The number of nitrogens with zero attached hydrogens (tertiary/aromatic N) is 1. The molecule has 1 aliphatic heterocycles. The number of fused-ring (bicyclic) bond motifs is 1. The van der Waals surface area contributed by atoms with Crippen molar-refractivity contribution in [3.8, 4) is 11.5 Å². The van der Waals surface area contributed by atoms with Gasteiger partial charge in [0.05, 0.1) is 13.7 Å². The normalized spacial score (nSPS) is 16.3. The van der Waals surface area contributed by atoms with Gasteiger partial charge in [-0.15, -0.1) is 0 Å². The number of amides is 1. The second kappa shape index (κ2) is 8.14. The van der Waals surface area contributed by atoms with Crippen molar-refractivity contribution in [1.82, 2.24) is 15.7 Å². The molecular formula is C16H25N3O4. The minimum atomic E-state index is -0.238. The number of ether oxygens (including phenoxy) is 1. The zero-order valence-electron chi connectivity index (χ0n) is 13.6. The Morgan fingerprint density at radius 1 is 1.43 bits per heavy atom. The molecule has 0 unspecified atom stereocenters. The molecular weight excluding hydrogens is 298 g/mol. The zero-order chi connectivity index (χ0) is 16.8. The molecule has 0 saturated heterocycles. The summed E-state index contributed by atoms with van der Waals surface area (Å²) in [4.78, 5) is 13.7. The van der Waals surface area contributed by atoms with Crippen LogP contribution in [0.15, 0.2) is 12.1 Å². The first-order chi connectivity index (χ1) is 11.0. The summed E-state index contributed by atoms with van der Waals surface area (Å²) in [6.45, 7) is 4.19. The molecule has 0 radical (unpaired) electrons. The third-order valence-corrected chi connectivity index (χ3v) is 3.99. The van der Waals surface area contributed by atoms with Crippen LogP contribution in [0.1, 0.15) is 24.5 Å². The standard InChI is InChI=1S/C16H25N3O4/c1-11(18-16(21)8-17-22)9-19-5-3-4-12-7-15(23-2)14(20)6-13(12)10-19/h6-7,11,17,20,22H,3-5,8-10H2,1-2H3,(H,18,21)/t11-/m0/s1. The lowest BCUT2D eigenvalue weighted by Gasteiger charge is -2.25. The van der Waals surface area contributed by atoms with Crippen molar-refractivity contribution in [3.05, 3.63) is 23.3 Å². The molecule has 0 bridgehead atoms. The lowest BCUT2D eigenvalue weighted by atomic mass is 10.0. The Morgan fingerprint density at radius 2 is 2.22 bits per heavy atom. The number of benzene rings is 1. The number of carbonyl (C=O) groups is 1. The number of methoxy groups -OCH3 is 1. The second-order valence-electron chi connectivity index (χ2n) is 5.93. The molecule has 1 aromatic carbocycles. The minimum absolute atomic E-state index is 0.0238. The summed E-state index contributed by atoms with van der Waals surface area (Å²) < 4.78 is 5.17. The number of phenolic OH excluding ortho intramolecular Hbond substituents is 1. The first kappa shape index (κ1) is 17.5. The van der Waals surface area contributed by atoms with E-state index in [0.29, 0.717) is 12.3 Å². The summed E-state index contributed by atoms with van der Waals surface area (Å²) in [7, 11) is 1.55. The average Bonchev–Trinajstić information content (AvgIpc) is 2.67. The molecule has 0 spiro atoms. The van der Waals surface area contributed by atoms with Crippen LogP contribution in [-0.4, -0.2) is 53.9 Å². The lowest BCUT2D eigenvalue weighted by molar-refractivity contribution is -0.122. The van der Waals surface area contributed by atoms with Crippen molar-refractivity contribution in [2.45, 2.75) is 32.4 Å². The summed E-state index contributed by atoms with van der Waals surface area (Å²) >= 11 is 0. The Morgan fingerprint density at radius 3 is 2.91 bits per heavy atom. The van der Waals surface area contributed by atoms with Crippen LogP contribution in [0.3, 0.4) is 0 Å². The van der Waals surface area contributed by atoms with Crippen LogP contribution in [0.25, 0.3) is 0 Å². The number of hydrogen-bond acceptors (Lipinski definition) is 6. The number of aryl methyl sites for hydroxylation is 1. The molecule has 1 aliphatic rings. The van der Waals surface area contributed by atoms with Crippen LogP contribution in [0, 0.1) is 0 Å². The maximum absolute atomic E-state index is 11.5. The van der Waals surface area contributed by atoms with Gasteiger partial charge < -0.3 is 20.4 Å². The van der Waals surface area contributed by atoms with Gasteiger partial charge in [-0.3, -0.25) is 9.69 Å². The van der Waals surface area contributed by atoms with E-state index in [0.717, 1.165) is 31.5 Å². The van der Waals surface area contributed by atoms with Gasteiger partial charge in [-0.2, -0.15) is 5.48 Å². The van der Waals surface area contributed by atoms with E-state index in [9.17, 15) is 9.90 Å². The quantitative estimate of drug-likeness (QED) is 0.574. The molecule has 0 fully saturated rings. The Labute approximate surface area is 136 Å². The van der Waals surface area contributed by atoms with Gasteiger partial charge in [-0.25, -0.2) is 0 Å². The fourth-order valence-corrected chi connectivity index (χ4v) is 3.00. The largest absolute Gasteiger partial charge is 0.504 e. The summed E-state index contributed by atoms with van der Waals surface area (Å²) in [5.74, 6) is 0.426. The smallest absolute Gasteiger partial charge is 0.236 e. The molecule has 0 aromatic heterocycles. The molecule has 1 aromatic rings. The van der Waals surface area contributed by atoms with E-state index in [4.69, 9.17) is 9.94 Å². The molecule has 1 heterocycles. The van der Waals surface area contributed by atoms with Crippen LogP contribution in [0.4, 0.5) is 0 Å². The third kappa shape index (κ3) is 4.82. The number of carbonyl (C=O) groups excluding carboxylic acids is 1. The summed E-state index contributed by atoms with van der Waals surface area (Å²) in [6, 6.07) is 3.65. The van der Waals surface area contributed by atoms with E-state index in [1.54, 1.807) is 13.2 Å². The maximum atomic E-state index is 11.5. The minimum Gasteiger partial charge on any atom is -0.504 e. The topological polar surface area (TPSA) is 94.1 Å². The highest BCUT2D eigenvalue weighted by molar-refractivity contribution is 5.78. The van der Waals surface area contributed by atoms with E-state index in [1.165, 1.54) is 5.56 Å². The van der Waals surface area contributed by atoms with Crippen molar-refractivity contribution in [3.63, 3.8) is 0 Å². The Kier molecular flexibility index (Phi) is 6.20. The summed E-state index contributed by atoms with van der Waals surface area (Å²) in [5, 5.41) is 21.3. The summed E-state index contributed by atoms with van der Waals surface area (Å²) in [5.41, 5.74) is 4.14. The van der Waals surface area contributed by atoms with Gasteiger partial charge in [-0.05, 0) is 49.6 Å². The van der Waals surface area contributed by atoms with Crippen molar-refractivity contribution in [2.24, 2.45) is 0 Å².